The van der Waals surface area contributed by atoms with E-state index in [-0.39, 0.29) is 35.8 Å². The molecule has 3 fully saturated rings. The lowest BCUT2D eigenvalue weighted by Gasteiger charge is -2.32. The molecule has 5 rings (SSSR count). The number of benzene rings is 1. The molecule has 3 aliphatic heterocycles. The van der Waals surface area contributed by atoms with E-state index in [9.17, 15) is 9.59 Å². The van der Waals surface area contributed by atoms with Gasteiger partial charge in [-0.25, -0.2) is 0 Å². The van der Waals surface area contributed by atoms with Crippen LogP contribution in [0.25, 0.3) is 0 Å². The Labute approximate surface area is 171 Å². The minimum atomic E-state index is -0.886. The summed E-state index contributed by atoms with van der Waals surface area (Å²) in [6.07, 6.45) is 9.86. The van der Waals surface area contributed by atoms with Crippen molar-refractivity contribution in [2.45, 2.75) is 62.3 Å². The Kier molecular flexibility index (Phi) is 4.39. The van der Waals surface area contributed by atoms with E-state index in [2.05, 4.69) is 43.1 Å². The summed E-state index contributed by atoms with van der Waals surface area (Å²) in [4.78, 5) is 28.6. The van der Waals surface area contributed by atoms with E-state index >= 15 is 0 Å². The number of amides is 2. The maximum atomic E-state index is 13.5. The first-order valence-corrected chi connectivity index (χ1v) is 10.7. The number of hydrogen-bond donors (Lipinski definition) is 1. The molecule has 2 bridgehead atoms. The van der Waals surface area contributed by atoms with E-state index in [1.165, 1.54) is 5.56 Å². The van der Waals surface area contributed by atoms with Crippen molar-refractivity contribution >= 4 is 11.8 Å². The van der Waals surface area contributed by atoms with Gasteiger partial charge in [-0.05, 0) is 25.3 Å². The highest BCUT2D eigenvalue weighted by atomic mass is 16.5. The Bertz CT molecular complexity index is 871. The van der Waals surface area contributed by atoms with E-state index in [0.29, 0.717) is 6.54 Å². The molecule has 0 radical (unpaired) electrons. The van der Waals surface area contributed by atoms with Crippen molar-refractivity contribution in [2.75, 3.05) is 6.54 Å². The second-order valence-corrected chi connectivity index (χ2v) is 8.88. The summed E-state index contributed by atoms with van der Waals surface area (Å²) in [7, 11) is 0. The molecular formula is C24H28N2O3. The number of ether oxygens (including phenoxy) is 1. The van der Waals surface area contributed by atoms with E-state index < -0.39 is 11.6 Å². The van der Waals surface area contributed by atoms with Crippen LogP contribution in [0.15, 0.2) is 49.1 Å². The summed E-state index contributed by atoms with van der Waals surface area (Å²) in [5, 5.41) is 3.20. The summed E-state index contributed by atoms with van der Waals surface area (Å²) >= 11 is 0. The van der Waals surface area contributed by atoms with Gasteiger partial charge in [0.25, 0.3) is 0 Å². The van der Waals surface area contributed by atoms with Gasteiger partial charge in [0, 0.05) is 18.5 Å². The quantitative estimate of drug-likeness (QED) is 0.784. The number of nitrogens with zero attached hydrogens (tertiary/aromatic N) is 1. The number of hydrogen-bond acceptors (Lipinski definition) is 3. The molecule has 29 heavy (non-hydrogen) atoms. The molecule has 1 N–H and O–H groups in total. The topological polar surface area (TPSA) is 58.6 Å². The summed E-state index contributed by atoms with van der Waals surface area (Å²) < 4.78 is 6.46. The number of carbonyl (C=O) groups excluding carboxylic acids is 2. The van der Waals surface area contributed by atoms with E-state index in [1.54, 1.807) is 11.0 Å². The first kappa shape index (κ1) is 18.6. The summed E-state index contributed by atoms with van der Waals surface area (Å²) in [6.45, 7) is 6.21. The molecule has 2 saturated heterocycles. The molecule has 1 aliphatic carbocycles. The fraction of sp³-hybridized carbons (Fsp3) is 0.500. The van der Waals surface area contributed by atoms with Gasteiger partial charge in [-0.15, -0.1) is 6.58 Å². The normalized spacial score (nSPS) is 35.3. The van der Waals surface area contributed by atoms with Gasteiger partial charge < -0.3 is 15.0 Å². The molecule has 1 aromatic carbocycles. The SMILES string of the molecule is C=CCN1C(=O)[C@@H]2[C@H](c3ccc(C)cc3)[C@@H]3C=C[C@@]2(O3)[C@H]1C(=O)NC1CCCC1. The van der Waals surface area contributed by atoms with Crippen molar-refractivity contribution < 1.29 is 14.3 Å². The first-order chi connectivity index (χ1) is 14.0. The molecule has 5 nitrogen and oxygen atoms in total. The average Bonchev–Trinajstić information content (AvgIpc) is 3.46. The standard InChI is InChI=1S/C24H28N2O3/c1-3-14-26-21(22(27)25-17-6-4-5-7-17)24-13-12-18(29-24)19(20(24)23(26)28)16-10-8-15(2)9-11-16/h3,8-13,17-21H,1,4-7,14H2,2H3,(H,25,27)/t18-,19+,20-,21+,24-/m0/s1. The summed E-state index contributed by atoms with van der Waals surface area (Å²) in [5.41, 5.74) is 1.40. The zero-order valence-corrected chi connectivity index (χ0v) is 16.8. The zero-order valence-electron chi connectivity index (χ0n) is 16.8. The van der Waals surface area contributed by atoms with Gasteiger partial charge >= 0.3 is 0 Å². The molecule has 5 atom stereocenters. The maximum absolute atomic E-state index is 13.5. The Morgan fingerprint density at radius 3 is 2.72 bits per heavy atom. The van der Waals surface area contributed by atoms with Crippen LogP contribution in [0.5, 0.6) is 0 Å². The van der Waals surface area contributed by atoms with Gasteiger partial charge in [-0.3, -0.25) is 9.59 Å². The number of fused-ring (bicyclic) bond motifs is 1. The second kappa shape index (κ2) is 6.84. The molecular weight excluding hydrogens is 364 g/mol. The highest BCUT2D eigenvalue weighted by Crippen LogP contribution is 2.58. The number of aryl methyl sites for hydroxylation is 1. The van der Waals surface area contributed by atoms with Crippen molar-refractivity contribution in [1.82, 2.24) is 10.2 Å². The predicted molar refractivity (Wildman–Crippen MR) is 110 cm³/mol. The van der Waals surface area contributed by atoms with Crippen molar-refractivity contribution in [1.29, 1.82) is 0 Å². The van der Waals surface area contributed by atoms with Crippen molar-refractivity contribution in [3.8, 4) is 0 Å². The zero-order chi connectivity index (χ0) is 20.2. The van der Waals surface area contributed by atoms with E-state index in [4.69, 9.17) is 4.74 Å². The Morgan fingerprint density at radius 1 is 1.31 bits per heavy atom. The van der Waals surface area contributed by atoms with Crippen LogP contribution in [-0.4, -0.2) is 47.0 Å². The maximum Gasteiger partial charge on any atom is 0.246 e. The Morgan fingerprint density at radius 2 is 2.03 bits per heavy atom. The van der Waals surface area contributed by atoms with Gasteiger partial charge in [0.05, 0.1) is 12.0 Å². The van der Waals surface area contributed by atoms with Crippen LogP contribution in [0.2, 0.25) is 0 Å². The molecule has 3 heterocycles. The number of nitrogens with one attached hydrogen (secondary N) is 1. The van der Waals surface area contributed by atoms with Crippen LogP contribution in [0.1, 0.15) is 42.7 Å². The van der Waals surface area contributed by atoms with Crippen LogP contribution in [0.4, 0.5) is 0 Å². The van der Waals surface area contributed by atoms with Gasteiger partial charge in [0.1, 0.15) is 11.6 Å². The van der Waals surface area contributed by atoms with Gasteiger partial charge in [0.2, 0.25) is 11.8 Å². The van der Waals surface area contributed by atoms with Crippen LogP contribution in [-0.2, 0) is 14.3 Å². The Hall–Kier alpha value is -2.40. The summed E-state index contributed by atoms with van der Waals surface area (Å²) in [5.74, 6) is -0.539. The van der Waals surface area contributed by atoms with Crippen LogP contribution >= 0.6 is 0 Å². The number of likely N-dealkylation sites (tertiary alicyclic amines) is 1. The molecule has 152 valence electrons. The van der Waals surface area contributed by atoms with E-state index in [1.807, 2.05) is 12.2 Å². The molecule has 2 amide bonds. The third kappa shape index (κ3) is 2.71. The predicted octanol–water partition coefficient (Wildman–Crippen LogP) is 2.86. The molecule has 1 spiro atoms. The average molecular weight is 392 g/mol. The lowest BCUT2D eigenvalue weighted by atomic mass is 9.72. The highest BCUT2D eigenvalue weighted by molar-refractivity contribution is 5.97. The second-order valence-electron chi connectivity index (χ2n) is 8.88. The van der Waals surface area contributed by atoms with Crippen LogP contribution in [0.3, 0.4) is 0 Å². The number of rotatable bonds is 5. The van der Waals surface area contributed by atoms with Crippen molar-refractivity contribution in [3.63, 3.8) is 0 Å². The van der Waals surface area contributed by atoms with Crippen molar-refractivity contribution in [2.24, 2.45) is 5.92 Å². The monoisotopic (exact) mass is 392 g/mol. The first-order valence-electron chi connectivity index (χ1n) is 10.7. The van der Waals surface area contributed by atoms with Gasteiger partial charge in [0.15, 0.2) is 0 Å². The molecule has 0 aromatic heterocycles. The fourth-order valence-corrected chi connectivity index (χ4v) is 5.82. The van der Waals surface area contributed by atoms with Crippen molar-refractivity contribution in [3.05, 3.63) is 60.2 Å². The lowest BCUT2D eigenvalue weighted by Crippen LogP contribution is -2.56. The minimum Gasteiger partial charge on any atom is -0.359 e. The Balaban J connectivity index is 1.52. The minimum absolute atomic E-state index is 0.00565. The lowest BCUT2D eigenvalue weighted by molar-refractivity contribution is -0.139. The van der Waals surface area contributed by atoms with Crippen LogP contribution in [0, 0.1) is 12.8 Å². The molecule has 0 unspecified atom stereocenters. The van der Waals surface area contributed by atoms with Gasteiger partial charge in [-0.2, -0.15) is 0 Å². The van der Waals surface area contributed by atoms with Gasteiger partial charge in [-0.1, -0.05) is 60.9 Å². The van der Waals surface area contributed by atoms with Crippen LogP contribution < -0.4 is 5.32 Å². The molecule has 5 heteroatoms. The third-order valence-corrected chi connectivity index (χ3v) is 7.11. The van der Waals surface area contributed by atoms with E-state index in [0.717, 1.165) is 31.2 Å². The fourth-order valence-electron chi connectivity index (χ4n) is 5.82. The molecule has 4 aliphatic rings. The largest absolute Gasteiger partial charge is 0.359 e. The highest BCUT2D eigenvalue weighted by Gasteiger charge is 2.71. The summed E-state index contributed by atoms with van der Waals surface area (Å²) in [6, 6.07) is 7.88. The third-order valence-electron chi connectivity index (χ3n) is 7.11. The number of carbonyl (C=O) groups is 2. The molecule has 1 aromatic rings. The smallest absolute Gasteiger partial charge is 0.246 e. The molecule has 1 saturated carbocycles.